The standard InChI is InChI=1S/C28H35N3O4/c32-26-11-15-28(19-25(26)29-17-12-22(13-18-29)21-5-2-1-3-6-21)14-4-16-30(20-28)27(33)23-7-9-24(10-8-23)31(34)35/h1-3,5-10,22,25-26,32H,4,11-20H2/t25-,26-,28+/m1/s1. The van der Waals surface area contributed by atoms with Crippen LogP contribution in [0.1, 0.15) is 66.8 Å². The molecule has 186 valence electrons. The number of non-ortho nitro benzene ring substituents is 1. The fraction of sp³-hybridized carbons (Fsp3) is 0.536. The lowest BCUT2D eigenvalue weighted by molar-refractivity contribution is -0.384. The van der Waals surface area contributed by atoms with Crippen LogP contribution < -0.4 is 0 Å². The molecule has 1 spiro atoms. The van der Waals surface area contributed by atoms with E-state index in [1.54, 1.807) is 12.1 Å². The van der Waals surface area contributed by atoms with E-state index in [-0.39, 0.29) is 29.2 Å². The Balaban J connectivity index is 1.24. The maximum atomic E-state index is 13.2. The van der Waals surface area contributed by atoms with E-state index < -0.39 is 4.92 Å². The van der Waals surface area contributed by atoms with Crippen molar-refractivity contribution in [3.8, 4) is 0 Å². The maximum Gasteiger partial charge on any atom is 0.269 e. The molecular formula is C28H35N3O4. The van der Waals surface area contributed by atoms with Crippen LogP contribution in [0.3, 0.4) is 0 Å². The minimum atomic E-state index is -0.444. The van der Waals surface area contributed by atoms with E-state index in [1.165, 1.54) is 17.7 Å². The summed E-state index contributed by atoms with van der Waals surface area (Å²) < 4.78 is 0. The van der Waals surface area contributed by atoms with Gasteiger partial charge in [-0.2, -0.15) is 0 Å². The van der Waals surface area contributed by atoms with Gasteiger partial charge in [-0.15, -0.1) is 0 Å². The predicted octanol–water partition coefficient (Wildman–Crippen LogP) is 4.61. The molecule has 2 saturated heterocycles. The smallest absolute Gasteiger partial charge is 0.269 e. The number of amides is 1. The highest BCUT2D eigenvalue weighted by atomic mass is 16.6. The first-order valence-electron chi connectivity index (χ1n) is 12.9. The van der Waals surface area contributed by atoms with Crippen molar-refractivity contribution in [3.05, 3.63) is 75.8 Å². The van der Waals surface area contributed by atoms with Crippen molar-refractivity contribution in [2.45, 2.75) is 63.0 Å². The molecule has 0 aromatic heterocycles. The van der Waals surface area contributed by atoms with Crippen LogP contribution in [0.15, 0.2) is 54.6 Å². The first kappa shape index (κ1) is 23.9. The number of nitro benzene ring substituents is 1. The number of rotatable bonds is 4. The summed E-state index contributed by atoms with van der Waals surface area (Å²) in [6, 6.07) is 16.8. The van der Waals surface area contributed by atoms with E-state index in [2.05, 4.69) is 35.2 Å². The molecule has 1 aliphatic carbocycles. The largest absolute Gasteiger partial charge is 0.391 e. The molecule has 2 aliphatic heterocycles. The van der Waals surface area contributed by atoms with Crippen LogP contribution >= 0.6 is 0 Å². The van der Waals surface area contributed by atoms with Crippen LogP contribution in [0.25, 0.3) is 0 Å². The quantitative estimate of drug-likeness (QED) is 0.513. The van der Waals surface area contributed by atoms with E-state index in [0.29, 0.717) is 24.6 Å². The average molecular weight is 478 g/mol. The van der Waals surface area contributed by atoms with Gasteiger partial charge in [0.25, 0.3) is 11.6 Å². The van der Waals surface area contributed by atoms with Crippen molar-refractivity contribution in [1.82, 2.24) is 9.80 Å². The molecule has 1 saturated carbocycles. The molecule has 2 aromatic rings. The summed E-state index contributed by atoms with van der Waals surface area (Å²) in [5.41, 5.74) is 1.95. The van der Waals surface area contributed by atoms with Crippen molar-refractivity contribution in [2.24, 2.45) is 5.41 Å². The van der Waals surface area contributed by atoms with Crippen molar-refractivity contribution in [1.29, 1.82) is 0 Å². The molecule has 2 heterocycles. The first-order valence-corrected chi connectivity index (χ1v) is 12.9. The number of benzene rings is 2. The number of likely N-dealkylation sites (tertiary alicyclic amines) is 2. The Morgan fingerprint density at radius 3 is 2.37 bits per heavy atom. The summed E-state index contributed by atoms with van der Waals surface area (Å²) in [6.07, 6.45) is 6.61. The van der Waals surface area contributed by atoms with Crippen LogP contribution in [0.4, 0.5) is 5.69 Å². The number of hydrogen-bond acceptors (Lipinski definition) is 5. The third kappa shape index (κ3) is 5.11. The van der Waals surface area contributed by atoms with Gasteiger partial charge in [0.15, 0.2) is 0 Å². The number of nitro groups is 1. The van der Waals surface area contributed by atoms with Gasteiger partial charge in [-0.1, -0.05) is 30.3 Å². The Kier molecular flexibility index (Phi) is 6.89. The molecule has 1 N–H and O–H groups in total. The fourth-order valence-corrected chi connectivity index (χ4v) is 6.65. The highest BCUT2D eigenvalue weighted by Gasteiger charge is 2.46. The topological polar surface area (TPSA) is 86.9 Å². The second kappa shape index (κ2) is 10.1. The summed E-state index contributed by atoms with van der Waals surface area (Å²) in [6.45, 7) is 3.42. The molecule has 7 nitrogen and oxygen atoms in total. The van der Waals surface area contributed by atoms with Gasteiger partial charge in [0.05, 0.1) is 11.0 Å². The zero-order chi connectivity index (χ0) is 24.4. The lowest BCUT2D eigenvalue weighted by atomic mass is 9.66. The third-order valence-electron chi connectivity index (χ3n) is 8.60. The van der Waals surface area contributed by atoms with E-state index in [9.17, 15) is 20.0 Å². The number of piperidine rings is 2. The van der Waals surface area contributed by atoms with Crippen LogP contribution in [0, 0.1) is 15.5 Å². The highest BCUT2D eigenvalue weighted by molar-refractivity contribution is 5.94. The number of carbonyl (C=O) groups is 1. The third-order valence-corrected chi connectivity index (χ3v) is 8.60. The molecule has 3 aliphatic rings. The first-order chi connectivity index (χ1) is 16.9. The van der Waals surface area contributed by atoms with Crippen molar-refractivity contribution >= 4 is 11.6 Å². The summed E-state index contributed by atoms with van der Waals surface area (Å²) in [5, 5.41) is 21.9. The monoisotopic (exact) mass is 477 g/mol. The minimum absolute atomic E-state index is 0.00295. The van der Waals surface area contributed by atoms with Crippen LogP contribution in [0.2, 0.25) is 0 Å². The molecule has 0 bridgehead atoms. The number of aliphatic hydroxyl groups is 1. The lowest BCUT2D eigenvalue weighted by Gasteiger charge is -2.52. The summed E-state index contributed by atoms with van der Waals surface area (Å²) in [5.74, 6) is 0.539. The maximum absolute atomic E-state index is 13.2. The van der Waals surface area contributed by atoms with Crippen molar-refractivity contribution in [3.63, 3.8) is 0 Å². The van der Waals surface area contributed by atoms with Crippen LogP contribution in [0.5, 0.6) is 0 Å². The SMILES string of the molecule is O=C(c1ccc([N+](=O)[O-])cc1)N1CCC[C@@]2(CC[C@@H](O)[C@H](N3CCC(c4ccccc4)CC3)C2)C1. The van der Waals surface area contributed by atoms with E-state index in [4.69, 9.17) is 0 Å². The number of nitrogens with zero attached hydrogens (tertiary/aromatic N) is 3. The fourth-order valence-electron chi connectivity index (χ4n) is 6.65. The van der Waals surface area contributed by atoms with Crippen LogP contribution in [-0.2, 0) is 0 Å². The molecular weight excluding hydrogens is 442 g/mol. The van der Waals surface area contributed by atoms with Gasteiger partial charge >= 0.3 is 0 Å². The highest BCUT2D eigenvalue weighted by Crippen LogP contribution is 2.46. The molecule has 2 aromatic carbocycles. The average Bonchev–Trinajstić information content (AvgIpc) is 2.90. The number of hydrogen-bond donors (Lipinski definition) is 1. The van der Waals surface area contributed by atoms with Gasteiger partial charge in [-0.25, -0.2) is 0 Å². The zero-order valence-corrected chi connectivity index (χ0v) is 20.2. The Morgan fingerprint density at radius 2 is 1.69 bits per heavy atom. The van der Waals surface area contributed by atoms with Gasteiger partial charge in [-0.3, -0.25) is 19.8 Å². The number of aliphatic hydroxyl groups excluding tert-OH is 1. The number of carbonyl (C=O) groups excluding carboxylic acids is 1. The molecule has 7 heteroatoms. The van der Waals surface area contributed by atoms with Gasteiger partial charge < -0.3 is 10.0 Å². The Bertz CT molecular complexity index is 1040. The molecule has 3 fully saturated rings. The Labute approximate surface area is 206 Å². The summed E-state index contributed by atoms with van der Waals surface area (Å²) in [4.78, 5) is 28.2. The molecule has 0 unspecified atom stereocenters. The summed E-state index contributed by atoms with van der Waals surface area (Å²) in [7, 11) is 0. The van der Waals surface area contributed by atoms with Gasteiger partial charge in [0, 0.05) is 36.8 Å². The second-order valence-corrected chi connectivity index (χ2v) is 10.7. The lowest BCUT2D eigenvalue weighted by Crippen LogP contribution is -2.56. The minimum Gasteiger partial charge on any atom is -0.391 e. The van der Waals surface area contributed by atoms with E-state index in [0.717, 1.165) is 58.0 Å². The second-order valence-electron chi connectivity index (χ2n) is 10.7. The van der Waals surface area contributed by atoms with Crippen molar-refractivity contribution in [2.75, 3.05) is 26.2 Å². The Morgan fingerprint density at radius 1 is 0.971 bits per heavy atom. The molecule has 5 rings (SSSR count). The van der Waals surface area contributed by atoms with Crippen LogP contribution in [-0.4, -0.2) is 64.1 Å². The molecule has 3 atom stereocenters. The van der Waals surface area contributed by atoms with Crippen molar-refractivity contribution < 1.29 is 14.8 Å². The van der Waals surface area contributed by atoms with E-state index in [1.807, 2.05) is 4.90 Å². The molecule has 35 heavy (non-hydrogen) atoms. The molecule has 1 amide bonds. The van der Waals surface area contributed by atoms with E-state index >= 15 is 0 Å². The van der Waals surface area contributed by atoms with Gasteiger partial charge in [-0.05, 0) is 87.1 Å². The Hall–Kier alpha value is -2.77. The zero-order valence-electron chi connectivity index (χ0n) is 20.2. The summed E-state index contributed by atoms with van der Waals surface area (Å²) >= 11 is 0. The molecule has 0 radical (unpaired) electrons. The van der Waals surface area contributed by atoms with Gasteiger partial charge in [0.2, 0.25) is 0 Å². The normalized spacial score (nSPS) is 28.2. The predicted molar refractivity (Wildman–Crippen MR) is 134 cm³/mol. The van der Waals surface area contributed by atoms with Gasteiger partial charge in [0.1, 0.15) is 0 Å².